The number of rotatable bonds is 4. The lowest BCUT2D eigenvalue weighted by molar-refractivity contribution is 0.0765. The average Bonchev–Trinajstić information content (AvgIpc) is 3.42. The number of β-amino-alcohol motifs (C(OH)–C–C–N with tert-alkyl or cyclic N) is 1. The molecule has 0 saturated carbocycles. The molecule has 2 fully saturated rings. The number of aliphatic hydroxyl groups is 1. The van der Waals surface area contributed by atoms with Crippen molar-refractivity contribution in [1.29, 1.82) is 0 Å². The summed E-state index contributed by atoms with van der Waals surface area (Å²) in [6.45, 7) is 2.27. The van der Waals surface area contributed by atoms with Crippen LogP contribution in [0.5, 0.6) is 0 Å². The molecule has 2 amide bonds. The third kappa shape index (κ3) is 3.98. The second-order valence-electron chi connectivity index (χ2n) is 8.45. The average molecular weight is 408 g/mol. The van der Waals surface area contributed by atoms with Crippen LogP contribution in [0.2, 0.25) is 0 Å². The number of amides is 2. The maximum atomic E-state index is 13.5. The molecule has 2 atom stereocenters. The van der Waals surface area contributed by atoms with Crippen LogP contribution in [0, 0.1) is 0 Å². The maximum absolute atomic E-state index is 13.5. The Hall–Kier alpha value is -2.70. The van der Waals surface area contributed by atoms with Crippen LogP contribution in [-0.4, -0.2) is 84.0 Å². The highest BCUT2D eigenvalue weighted by molar-refractivity contribution is 6.09. The van der Waals surface area contributed by atoms with Crippen molar-refractivity contribution in [2.45, 2.75) is 25.0 Å². The lowest BCUT2D eigenvalue weighted by Crippen LogP contribution is -2.35. The van der Waals surface area contributed by atoms with Crippen molar-refractivity contribution in [1.82, 2.24) is 14.7 Å². The van der Waals surface area contributed by atoms with Crippen LogP contribution in [0.25, 0.3) is 11.1 Å². The number of likely N-dealkylation sites (N-methyl/N-ethyl adjacent to an activating group) is 1. The van der Waals surface area contributed by atoms with Crippen LogP contribution in [0.4, 0.5) is 0 Å². The first-order valence-corrected chi connectivity index (χ1v) is 10.6. The summed E-state index contributed by atoms with van der Waals surface area (Å²) in [6.07, 6.45) is 1.06. The number of carbonyl (C=O) groups excluding carboxylic acids is 2. The highest BCUT2D eigenvalue weighted by Crippen LogP contribution is 2.31. The Balaban J connectivity index is 1.74. The lowest BCUT2D eigenvalue weighted by Gasteiger charge is -2.23. The van der Waals surface area contributed by atoms with E-state index in [1.807, 2.05) is 55.4 Å². The fourth-order valence-corrected chi connectivity index (χ4v) is 4.44. The van der Waals surface area contributed by atoms with Gasteiger partial charge in [0.05, 0.1) is 6.10 Å². The van der Waals surface area contributed by atoms with Gasteiger partial charge in [-0.1, -0.05) is 36.4 Å². The van der Waals surface area contributed by atoms with E-state index in [0.29, 0.717) is 55.3 Å². The van der Waals surface area contributed by atoms with Crippen LogP contribution < -0.4 is 0 Å². The van der Waals surface area contributed by atoms with Gasteiger partial charge in [0.25, 0.3) is 11.8 Å². The van der Waals surface area contributed by atoms with E-state index in [2.05, 4.69) is 4.90 Å². The monoisotopic (exact) mass is 407 g/mol. The number of hydrogen-bond donors (Lipinski definition) is 1. The molecule has 0 bridgehead atoms. The minimum atomic E-state index is -0.480. The maximum Gasteiger partial charge on any atom is 0.254 e. The zero-order valence-corrected chi connectivity index (χ0v) is 17.6. The Bertz CT molecular complexity index is 929. The minimum absolute atomic E-state index is 0.0330. The molecule has 0 radical (unpaired) electrons. The first-order valence-electron chi connectivity index (χ1n) is 10.6. The molecular weight excluding hydrogens is 378 g/mol. The first-order chi connectivity index (χ1) is 14.5. The number of nitrogens with zero attached hydrogens (tertiary/aromatic N) is 3. The Labute approximate surface area is 177 Å². The van der Waals surface area contributed by atoms with Gasteiger partial charge in [0.2, 0.25) is 0 Å². The van der Waals surface area contributed by atoms with E-state index in [1.165, 1.54) is 0 Å². The number of hydrogen-bond acceptors (Lipinski definition) is 4. The van der Waals surface area contributed by atoms with Crippen molar-refractivity contribution in [3.8, 4) is 11.1 Å². The van der Waals surface area contributed by atoms with Crippen LogP contribution in [0.1, 0.15) is 33.6 Å². The van der Waals surface area contributed by atoms with Crippen molar-refractivity contribution in [2.24, 2.45) is 0 Å². The molecule has 2 aromatic carbocycles. The molecule has 0 aromatic heterocycles. The van der Waals surface area contributed by atoms with Gasteiger partial charge in [-0.3, -0.25) is 9.59 Å². The van der Waals surface area contributed by atoms with Gasteiger partial charge in [0.15, 0.2) is 0 Å². The highest BCUT2D eigenvalue weighted by Gasteiger charge is 2.32. The van der Waals surface area contributed by atoms with E-state index in [4.69, 9.17) is 0 Å². The molecule has 2 aromatic rings. The molecule has 1 N–H and O–H groups in total. The summed E-state index contributed by atoms with van der Waals surface area (Å²) < 4.78 is 0. The van der Waals surface area contributed by atoms with Crippen molar-refractivity contribution >= 4 is 11.8 Å². The van der Waals surface area contributed by atoms with Gasteiger partial charge in [0.1, 0.15) is 0 Å². The molecule has 30 heavy (non-hydrogen) atoms. The molecule has 2 saturated heterocycles. The predicted octanol–water partition coefficient (Wildman–Crippen LogP) is 2.34. The lowest BCUT2D eigenvalue weighted by atomic mass is 9.93. The fourth-order valence-electron chi connectivity index (χ4n) is 4.44. The molecule has 2 aliphatic heterocycles. The number of aliphatic hydroxyl groups excluding tert-OH is 1. The van der Waals surface area contributed by atoms with E-state index in [9.17, 15) is 14.7 Å². The van der Waals surface area contributed by atoms with Crippen molar-refractivity contribution in [3.05, 3.63) is 59.7 Å². The molecule has 0 aliphatic carbocycles. The third-order valence-electron chi connectivity index (χ3n) is 6.22. The van der Waals surface area contributed by atoms with Crippen LogP contribution in [0.15, 0.2) is 48.5 Å². The molecule has 2 unspecified atom stereocenters. The normalized spacial score (nSPS) is 21.5. The summed E-state index contributed by atoms with van der Waals surface area (Å²) in [7, 11) is 4.08. The Kier molecular flexibility index (Phi) is 5.88. The Morgan fingerprint density at radius 1 is 0.867 bits per heavy atom. The van der Waals surface area contributed by atoms with Gasteiger partial charge < -0.3 is 19.8 Å². The van der Waals surface area contributed by atoms with Crippen LogP contribution >= 0.6 is 0 Å². The van der Waals surface area contributed by atoms with Crippen molar-refractivity contribution < 1.29 is 14.7 Å². The first kappa shape index (κ1) is 20.6. The van der Waals surface area contributed by atoms with E-state index in [1.54, 1.807) is 17.0 Å². The van der Waals surface area contributed by atoms with Crippen LogP contribution in [-0.2, 0) is 0 Å². The molecular formula is C24H29N3O3. The molecule has 4 rings (SSSR count). The quantitative estimate of drug-likeness (QED) is 0.845. The zero-order chi connectivity index (χ0) is 21.3. The van der Waals surface area contributed by atoms with Gasteiger partial charge in [-0.05, 0) is 44.6 Å². The SMILES string of the molecule is CN(C)C1CCN(C(=O)c2cccc(C(=O)N3CCC(O)C3)c2-c2ccccc2)C1. The molecule has 6 nitrogen and oxygen atoms in total. The summed E-state index contributed by atoms with van der Waals surface area (Å²) >= 11 is 0. The number of likely N-dealkylation sites (tertiary alicyclic amines) is 2. The largest absolute Gasteiger partial charge is 0.391 e. The van der Waals surface area contributed by atoms with Gasteiger partial charge in [0, 0.05) is 48.9 Å². The summed E-state index contributed by atoms with van der Waals surface area (Å²) in [4.78, 5) is 32.5. The predicted molar refractivity (Wildman–Crippen MR) is 116 cm³/mol. The second-order valence-corrected chi connectivity index (χ2v) is 8.45. The molecule has 0 spiro atoms. The Morgan fingerprint density at radius 2 is 1.47 bits per heavy atom. The van der Waals surface area contributed by atoms with Crippen molar-refractivity contribution in [2.75, 3.05) is 40.3 Å². The topological polar surface area (TPSA) is 64.1 Å². The van der Waals surface area contributed by atoms with Gasteiger partial charge in [-0.2, -0.15) is 0 Å². The second kappa shape index (κ2) is 8.58. The Morgan fingerprint density at radius 3 is 2.00 bits per heavy atom. The van der Waals surface area contributed by atoms with E-state index in [-0.39, 0.29) is 11.8 Å². The highest BCUT2D eigenvalue weighted by atomic mass is 16.3. The van der Waals surface area contributed by atoms with Gasteiger partial charge in [-0.25, -0.2) is 0 Å². The summed E-state index contributed by atoms with van der Waals surface area (Å²) in [5, 5.41) is 9.88. The standard InChI is InChI=1S/C24H29N3O3/c1-25(2)18-11-13-26(15-18)23(29)20-9-6-10-21(22(20)17-7-4-3-5-8-17)24(30)27-14-12-19(28)16-27/h3-10,18-19,28H,11-16H2,1-2H3. The summed E-state index contributed by atoms with van der Waals surface area (Å²) in [6, 6.07) is 15.4. The molecule has 158 valence electrons. The zero-order valence-electron chi connectivity index (χ0n) is 17.6. The summed E-state index contributed by atoms with van der Waals surface area (Å²) in [5.41, 5.74) is 2.62. The molecule has 2 aliphatic rings. The van der Waals surface area contributed by atoms with Gasteiger partial charge >= 0.3 is 0 Å². The smallest absolute Gasteiger partial charge is 0.254 e. The fraction of sp³-hybridized carbons (Fsp3) is 0.417. The molecule has 2 heterocycles. The minimum Gasteiger partial charge on any atom is -0.391 e. The van der Waals surface area contributed by atoms with Gasteiger partial charge in [-0.15, -0.1) is 0 Å². The van der Waals surface area contributed by atoms with E-state index in [0.717, 1.165) is 12.0 Å². The summed E-state index contributed by atoms with van der Waals surface area (Å²) in [5.74, 6) is -0.165. The molecule has 6 heteroatoms. The van der Waals surface area contributed by atoms with E-state index < -0.39 is 6.10 Å². The third-order valence-corrected chi connectivity index (χ3v) is 6.22. The van der Waals surface area contributed by atoms with E-state index >= 15 is 0 Å². The van der Waals surface area contributed by atoms with Crippen LogP contribution in [0.3, 0.4) is 0 Å². The number of benzene rings is 2. The number of carbonyl (C=O) groups is 2. The van der Waals surface area contributed by atoms with Crippen molar-refractivity contribution in [3.63, 3.8) is 0 Å².